The maximum atomic E-state index is 12.2. The van der Waals surface area contributed by atoms with Crippen LogP contribution in [0.2, 0.25) is 0 Å². The van der Waals surface area contributed by atoms with Crippen molar-refractivity contribution < 1.29 is 19.7 Å². The lowest BCUT2D eigenvalue weighted by Gasteiger charge is -2.48. The van der Waals surface area contributed by atoms with E-state index in [9.17, 15) is 15.0 Å². The van der Waals surface area contributed by atoms with Crippen molar-refractivity contribution in [3.8, 4) is 0 Å². The van der Waals surface area contributed by atoms with E-state index in [1.54, 1.807) is 4.90 Å². The van der Waals surface area contributed by atoms with Gasteiger partial charge in [0.25, 0.3) is 0 Å². The lowest BCUT2D eigenvalue weighted by Crippen LogP contribution is -2.61. The minimum atomic E-state index is -0.701. The van der Waals surface area contributed by atoms with Gasteiger partial charge in [0.1, 0.15) is 5.60 Å². The lowest BCUT2D eigenvalue weighted by atomic mass is 9.72. The zero-order chi connectivity index (χ0) is 14.9. The van der Waals surface area contributed by atoms with Crippen molar-refractivity contribution in [1.82, 2.24) is 10.2 Å². The predicted octanol–water partition coefficient (Wildman–Crippen LogP) is 0.0421. The summed E-state index contributed by atoms with van der Waals surface area (Å²) in [4.78, 5) is 13.9. The number of nitrogens with zero attached hydrogens (tertiary/aromatic N) is 1. The first-order valence-electron chi connectivity index (χ1n) is 7.29. The Morgan fingerprint density at radius 3 is 2.35 bits per heavy atom. The first kappa shape index (κ1) is 15.5. The van der Waals surface area contributed by atoms with E-state index in [0.717, 1.165) is 13.1 Å². The molecule has 3 unspecified atom stereocenters. The van der Waals surface area contributed by atoms with Crippen molar-refractivity contribution in [1.29, 1.82) is 0 Å². The normalized spacial score (nSPS) is 31.9. The van der Waals surface area contributed by atoms with E-state index in [2.05, 4.69) is 5.32 Å². The maximum absolute atomic E-state index is 12.2. The Morgan fingerprint density at radius 2 is 1.90 bits per heavy atom. The van der Waals surface area contributed by atoms with Crippen molar-refractivity contribution in [2.45, 2.75) is 32.5 Å². The largest absolute Gasteiger partial charge is 0.444 e. The summed E-state index contributed by atoms with van der Waals surface area (Å²) in [6.07, 6.45) is -0.987. The van der Waals surface area contributed by atoms with E-state index in [-0.39, 0.29) is 30.5 Å². The molecule has 2 fully saturated rings. The van der Waals surface area contributed by atoms with Crippen LogP contribution < -0.4 is 5.32 Å². The smallest absolute Gasteiger partial charge is 0.410 e. The third kappa shape index (κ3) is 3.42. The Hall–Kier alpha value is -0.850. The van der Waals surface area contributed by atoms with Gasteiger partial charge in [-0.2, -0.15) is 0 Å². The van der Waals surface area contributed by atoms with Crippen LogP contribution in [-0.4, -0.2) is 65.7 Å². The van der Waals surface area contributed by atoms with Gasteiger partial charge in [0, 0.05) is 26.2 Å². The third-order valence-corrected chi connectivity index (χ3v) is 4.09. The number of likely N-dealkylation sites (tertiary alicyclic amines) is 1. The van der Waals surface area contributed by atoms with Crippen molar-refractivity contribution >= 4 is 6.09 Å². The average Bonchev–Trinajstić information content (AvgIpc) is 2.34. The molecule has 0 aromatic carbocycles. The molecule has 2 aliphatic heterocycles. The Balaban J connectivity index is 2.03. The molecule has 0 saturated carbocycles. The third-order valence-electron chi connectivity index (χ3n) is 4.09. The van der Waals surface area contributed by atoms with Crippen molar-refractivity contribution in [3.05, 3.63) is 0 Å². The van der Waals surface area contributed by atoms with Crippen LogP contribution in [0, 0.1) is 17.8 Å². The van der Waals surface area contributed by atoms with Gasteiger partial charge in [-0.15, -0.1) is 0 Å². The van der Waals surface area contributed by atoms with Gasteiger partial charge in [-0.25, -0.2) is 4.79 Å². The number of rotatable bonds is 2. The molecule has 0 aromatic rings. The molecule has 0 aromatic heterocycles. The molecule has 0 spiro atoms. The van der Waals surface area contributed by atoms with Crippen LogP contribution in [-0.2, 0) is 4.74 Å². The number of hydrogen-bond donors (Lipinski definition) is 3. The molecule has 0 radical (unpaired) electrons. The summed E-state index contributed by atoms with van der Waals surface area (Å²) in [6.45, 7) is 8.01. The first-order valence-corrected chi connectivity index (χ1v) is 7.29. The molecule has 3 atom stereocenters. The maximum Gasteiger partial charge on any atom is 0.410 e. The number of carbonyl (C=O) groups is 1. The number of carbonyl (C=O) groups excluding carboxylic acids is 1. The minimum Gasteiger partial charge on any atom is -0.444 e. The van der Waals surface area contributed by atoms with E-state index in [1.165, 1.54) is 0 Å². The Morgan fingerprint density at radius 1 is 1.35 bits per heavy atom. The fourth-order valence-corrected chi connectivity index (χ4v) is 3.35. The van der Waals surface area contributed by atoms with Gasteiger partial charge in [-0.05, 0) is 38.5 Å². The number of ether oxygens (including phenoxy) is 1. The molecule has 20 heavy (non-hydrogen) atoms. The minimum absolute atomic E-state index is 0.0555. The zero-order valence-corrected chi connectivity index (χ0v) is 12.5. The summed E-state index contributed by atoms with van der Waals surface area (Å²) in [5.74, 6) is 0.384. The second-order valence-electron chi connectivity index (χ2n) is 6.89. The number of piperidine rings is 2. The SMILES string of the molecule is CC(C)(C)OC(=O)N1CC2CNCC(C1)C2C(O)CO. The molecule has 2 aliphatic rings. The fraction of sp³-hybridized carbons (Fsp3) is 0.929. The zero-order valence-electron chi connectivity index (χ0n) is 12.5. The molecule has 6 nitrogen and oxygen atoms in total. The molecule has 0 aliphatic carbocycles. The van der Waals surface area contributed by atoms with E-state index >= 15 is 0 Å². The molecule has 2 bridgehead atoms. The Bertz CT molecular complexity index is 342. The molecular formula is C14H26N2O4. The molecule has 2 saturated heterocycles. The summed E-state index contributed by atoms with van der Waals surface area (Å²) < 4.78 is 5.42. The van der Waals surface area contributed by atoms with Crippen molar-refractivity contribution in [3.63, 3.8) is 0 Å². The van der Waals surface area contributed by atoms with Gasteiger partial charge in [0.2, 0.25) is 0 Å². The monoisotopic (exact) mass is 286 g/mol. The molecule has 116 valence electrons. The number of fused-ring (bicyclic) bond motifs is 2. The number of hydrogen-bond acceptors (Lipinski definition) is 5. The second-order valence-corrected chi connectivity index (χ2v) is 6.89. The number of nitrogens with one attached hydrogen (secondary N) is 1. The number of aliphatic hydroxyl groups excluding tert-OH is 2. The first-order chi connectivity index (χ1) is 9.31. The van der Waals surface area contributed by atoms with Gasteiger partial charge in [-0.1, -0.05) is 0 Å². The molecule has 6 heteroatoms. The van der Waals surface area contributed by atoms with Gasteiger partial charge >= 0.3 is 6.09 Å². The van der Waals surface area contributed by atoms with Crippen molar-refractivity contribution in [2.75, 3.05) is 32.8 Å². The van der Waals surface area contributed by atoms with E-state index < -0.39 is 11.7 Å². The van der Waals surface area contributed by atoms with Crippen LogP contribution in [0.4, 0.5) is 4.79 Å². The standard InChI is InChI=1S/C14H26N2O4/c1-14(2,3)20-13(19)16-6-9-4-15-5-10(7-16)12(9)11(18)8-17/h9-12,15,17-18H,4-8H2,1-3H3. The summed E-state index contributed by atoms with van der Waals surface area (Å²) in [5, 5.41) is 22.5. The summed E-state index contributed by atoms with van der Waals surface area (Å²) in [5.41, 5.74) is -0.494. The number of aliphatic hydroxyl groups is 2. The van der Waals surface area contributed by atoms with E-state index in [1.807, 2.05) is 20.8 Å². The van der Waals surface area contributed by atoms with Gasteiger partial charge in [0.15, 0.2) is 0 Å². The van der Waals surface area contributed by atoms with Crippen LogP contribution in [0.5, 0.6) is 0 Å². The number of amides is 1. The van der Waals surface area contributed by atoms with Crippen LogP contribution >= 0.6 is 0 Å². The molecular weight excluding hydrogens is 260 g/mol. The highest BCUT2D eigenvalue weighted by Crippen LogP contribution is 2.34. The Kier molecular flexibility index (Phi) is 4.56. The van der Waals surface area contributed by atoms with Gasteiger partial charge in [0.05, 0.1) is 12.7 Å². The molecule has 2 heterocycles. The van der Waals surface area contributed by atoms with Crippen molar-refractivity contribution in [2.24, 2.45) is 17.8 Å². The molecule has 1 amide bonds. The van der Waals surface area contributed by atoms with E-state index in [0.29, 0.717) is 13.1 Å². The summed E-state index contributed by atoms with van der Waals surface area (Å²) in [6, 6.07) is 0. The summed E-state index contributed by atoms with van der Waals surface area (Å²) in [7, 11) is 0. The van der Waals surface area contributed by atoms with Crippen LogP contribution in [0.15, 0.2) is 0 Å². The predicted molar refractivity (Wildman–Crippen MR) is 74.2 cm³/mol. The van der Waals surface area contributed by atoms with E-state index in [4.69, 9.17) is 4.74 Å². The molecule has 3 N–H and O–H groups in total. The van der Waals surface area contributed by atoms with Crippen LogP contribution in [0.25, 0.3) is 0 Å². The van der Waals surface area contributed by atoms with Gasteiger partial charge in [-0.3, -0.25) is 0 Å². The highest BCUT2D eigenvalue weighted by molar-refractivity contribution is 5.68. The summed E-state index contributed by atoms with van der Waals surface area (Å²) >= 11 is 0. The highest BCUT2D eigenvalue weighted by Gasteiger charge is 2.44. The van der Waals surface area contributed by atoms with Gasteiger partial charge < -0.3 is 25.2 Å². The quantitative estimate of drug-likeness (QED) is 0.668. The Labute approximate surface area is 120 Å². The highest BCUT2D eigenvalue weighted by atomic mass is 16.6. The molecule has 2 rings (SSSR count). The lowest BCUT2D eigenvalue weighted by molar-refractivity contribution is -0.0636. The topological polar surface area (TPSA) is 82.0 Å². The second kappa shape index (κ2) is 5.87. The average molecular weight is 286 g/mol. The van der Waals surface area contributed by atoms with Crippen LogP contribution in [0.3, 0.4) is 0 Å². The van der Waals surface area contributed by atoms with Crippen LogP contribution in [0.1, 0.15) is 20.8 Å². The fourth-order valence-electron chi connectivity index (χ4n) is 3.35.